The van der Waals surface area contributed by atoms with E-state index in [1.807, 2.05) is 19.2 Å². The van der Waals surface area contributed by atoms with E-state index in [4.69, 9.17) is 4.98 Å². The van der Waals surface area contributed by atoms with Crippen LogP contribution in [-0.4, -0.2) is 41.4 Å². The first-order chi connectivity index (χ1) is 12.1. The van der Waals surface area contributed by atoms with Gasteiger partial charge in [-0.2, -0.15) is 4.98 Å². The summed E-state index contributed by atoms with van der Waals surface area (Å²) in [6.45, 7) is 9.03. The molecule has 4 rings (SSSR count). The quantitative estimate of drug-likeness (QED) is 0.902. The minimum atomic E-state index is 0.431. The molecule has 0 aliphatic carbocycles. The Morgan fingerprint density at radius 2 is 1.92 bits per heavy atom. The van der Waals surface area contributed by atoms with Crippen molar-refractivity contribution < 1.29 is 0 Å². The molecule has 2 unspecified atom stereocenters. The van der Waals surface area contributed by atoms with Crippen LogP contribution in [0.2, 0.25) is 0 Å². The van der Waals surface area contributed by atoms with Crippen LogP contribution in [0.3, 0.4) is 0 Å². The summed E-state index contributed by atoms with van der Waals surface area (Å²) in [5.74, 6) is 1.63. The second-order valence-corrected chi connectivity index (χ2v) is 7.08. The van der Waals surface area contributed by atoms with Crippen molar-refractivity contribution in [3.63, 3.8) is 0 Å². The van der Waals surface area contributed by atoms with E-state index in [1.165, 1.54) is 11.1 Å². The Bertz CT molecular complexity index is 806. The Balaban J connectivity index is 1.58. The van der Waals surface area contributed by atoms with Gasteiger partial charge in [-0.1, -0.05) is 6.07 Å². The van der Waals surface area contributed by atoms with Gasteiger partial charge in [-0.15, -0.1) is 0 Å². The molecule has 0 amide bonds. The number of anilines is 3. The van der Waals surface area contributed by atoms with Crippen LogP contribution in [0.15, 0.2) is 29.3 Å². The molecule has 2 aromatic rings. The number of nitrogens with zero attached hydrogens (tertiary/aromatic N) is 4. The number of aromatic nitrogens is 2. The number of aryl methyl sites for hydroxylation is 1. The number of rotatable bonds is 3. The van der Waals surface area contributed by atoms with Gasteiger partial charge >= 0.3 is 0 Å². The predicted molar refractivity (Wildman–Crippen MR) is 102 cm³/mol. The van der Waals surface area contributed by atoms with Crippen molar-refractivity contribution in [2.45, 2.75) is 39.4 Å². The van der Waals surface area contributed by atoms with Crippen molar-refractivity contribution in [3.8, 4) is 0 Å². The molecule has 3 heterocycles. The first kappa shape index (κ1) is 16.0. The number of benzene rings is 1. The van der Waals surface area contributed by atoms with E-state index in [9.17, 15) is 0 Å². The predicted octanol–water partition coefficient (Wildman–Crippen LogP) is 2.65. The van der Waals surface area contributed by atoms with Crippen LogP contribution < -0.4 is 15.5 Å². The highest BCUT2D eigenvalue weighted by molar-refractivity contribution is 5.86. The summed E-state index contributed by atoms with van der Waals surface area (Å²) in [5, 5.41) is 6.97. The maximum Gasteiger partial charge on any atom is 0.227 e. The van der Waals surface area contributed by atoms with Gasteiger partial charge in [0, 0.05) is 48.8 Å². The highest BCUT2D eigenvalue weighted by Crippen LogP contribution is 2.23. The van der Waals surface area contributed by atoms with Gasteiger partial charge in [0.2, 0.25) is 5.95 Å². The molecule has 6 heteroatoms. The van der Waals surface area contributed by atoms with Gasteiger partial charge in [-0.25, -0.2) is 4.98 Å². The van der Waals surface area contributed by atoms with Crippen molar-refractivity contribution in [1.82, 2.24) is 15.3 Å². The number of aliphatic imine (C=N–C) groups is 1. The van der Waals surface area contributed by atoms with Gasteiger partial charge in [0.1, 0.15) is 5.82 Å². The van der Waals surface area contributed by atoms with Gasteiger partial charge in [0.05, 0.1) is 6.54 Å². The van der Waals surface area contributed by atoms with Crippen molar-refractivity contribution >= 4 is 23.7 Å². The standard InChI is InChI=1S/C19H24N6/c1-12-6-18(23-17-5-4-15-8-20-9-16(15)7-17)24-19(22-12)25-10-13(2)21-14(3)11-25/h4-7,9,13-14,21H,8,10-11H2,1-3H3,(H,22,23,24). The van der Waals surface area contributed by atoms with Crippen LogP contribution in [0.1, 0.15) is 30.7 Å². The summed E-state index contributed by atoms with van der Waals surface area (Å²) in [6, 6.07) is 9.18. The SMILES string of the molecule is Cc1cc(Nc2ccc3c(c2)C=NC3)nc(N2CC(C)NC(C)C2)n1. The van der Waals surface area contributed by atoms with E-state index in [-0.39, 0.29) is 0 Å². The Morgan fingerprint density at radius 3 is 2.72 bits per heavy atom. The van der Waals surface area contributed by atoms with Gasteiger partial charge < -0.3 is 15.5 Å². The normalized spacial score (nSPS) is 22.1. The number of piperazine rings is 1. The summed E-state index contributed by atoms with van der Waals surface area (Å²) in [6.07, 6.45) is 1.93. The minimum Gasteiger partial charge on any atom is -0.340 e. The topological polar surface area (TPSA) is 65.4 Å². The number of fused-ring (bicyclic) bond motifs is 1. The third-order valence-corrected chi connectivity index (χ3v) is 4.59. The Morgan fingerprint density at radius 1 is 1.12 bits per heavy atom. The molecule has 1 aromatic carbocycles. The molecule has 2 aliphatic rings. The molecule has 0 bridgehead atoms. The molecule has 130 valence electrons. The van der Waals surface area contributed by atoms with E-state index >= 15 is 0 Å². The van der Waals surface area contributed by atoms with Crippen LogP contribution in [-0.2, 0) is 6.54 Å². The number of nitrogens with one attached hydrogen (secondary N) is 2. The largest absolute Gasteiger partial charge is 0.340 e. The maximum atomic E-state index is 4.76. The smallest absolute Gasteiger partial charge is 0.227 e. The fraction of sp³-hybridized carbons (Fsp3) is 0.421. The number of hydrogen-bond acceptors (Lipinski definition) is 6. The Hall–Kier alpha value is -2.47. The van der Waals surface area contributed by atoms with Crippen LogP contribution in [0.4, 0.5) is 17.5 Å². The Labute approximate surface area is 148 Å². The van der Waals surface area contributed by atoms with Crippen LogP contribution in [0.5, 0.6) is 0 Å². The molecule has 0 saturated carbocycles. The van der Waals surface area contributed by atoms with Gasteiger partial charge in [-0.05, 0) is 44.0 Å². The van der Waals surface area contributed by atoms with Crippen LogP contribution in [0, 0.1) is 6.92 Å². The molecule has 1 aromatic heterocycles. The van der Waals surface area contributed by atoms with Crippen molar-refractivity contribution in [2.75, 3.05) is 23.3 Å². The zero-order valence-electron chi connectivity index (χ0n) is 15.0. The van der Waals surface area contributed by atoms with Crippen molar-refractivity contribution in [2.24, 2.45) is 4.99 Å². The zero-order valence-corrected chi connectivity index (χ0v) is 15.0. The minimum absolute atomic E-state index is 0.431. The van der Waals surface area contributed by atoms with E-state index in [0.717, 1.165) is 42.8 Å². The lowest BCUT2D eigenvalue weighted by atomic mass is 10.1. The average Bonchev–Trinajstić information content (AvgIpc) is 3.01. The lowest BCUT2D eigenvalue weighted by molar-refractivity contribution is 0.403. The monoisotopic (exact) mass is 336 g/mol. The molecule has 2 aliphatic heterocycles. The molecule has 2 atom stereocenters. The van der Waals surface area contributed by atoms with Gasteiger partial charge in [0.15, 0.2) is 0 Å². The highest BCUT2D eigenvalue weighted by Gasteiger charge is 2.23. The van der Waals surface area contributed by atoms with Crippen molar-refractivity contribution in [1.29, 1.82) is 0 Å². The molecule has 0 radical (unpaired) electrons. The second-order valence-electron chi connectivity index (χ2n) is 7.08. The maximum absolute atomic E-state index is 4.76. The lowest BCUT2D eigenvalue weighted by Crippen LogP contribution is -2.54. The summed E-state index contributed by atoms with van der Waals surface area (Å²) < 4.78 is 0. The Kier molecular flexibility index (Phi) is 4.13. The molecule has 1 fully saturated rings. The summed E-state index contributed by atoms with van der Waals surface area (Å²) in [7, 11) is 0. The fourth-order valence-corrected chi connectivity index (χ4v) is 3.58. The van der Waals surface area contributed by atoms with Crippen LogP contribution >= 0.6 is 0 Å². The highest BCUT2D eigenvalue weighted by atomic mass is 15.3. The third kappa shape index (κ3) is 3.49. The van der Waals surface area contributed by atoms with Gasteiger partial charge in [-0.3, -0.25) is 4.99 Å². The molecular formula is C19H24N6. The van der Waals surface area contributed by atoms with E-state index < -0.39 is 0 Å². The van der Waals surface area contributed by atoms with Gasteiger partial charge in [0.25, 0.3) is 0 Å². The summed E-state index contributed by atoms with van der Waals surface area (Å²) in [4.78, 5) is 16.0. The fourth-order valence-electron chi connectivity index (χ4n) is 3.58. The number of hydrogen-bond donors (Lipinski definition) is 2. The van der Waals surface area contributed by atoms with E-state index in [0.29, 0.717) is 12.1 Å². The first-order valence-corrected chi connectivity index (χ1v) is 8.83. The molecule has 0 spiro atoms. The van der Waals surface area contributed by atoms with Crippen molar-refractivity contribution in [3.05, 3.63) is 41.1 Å². The third-order valence-electron chi connectivity index (χ3n) is 4.59. The molecule has 1 saturated heterocycles. The lowest BCUT2D eigenvalue weighted by Gasteiger charge is -2.36. The molecular weight excluding hydrogens is 312 g/mol. The molecule has 2 N–H and O–H groups in total. The first-order valence-electron chi connectivity index (χ1n) is 8.83. The molecule has 25 heavy (non-hydrogen) atoms. The average molecular weight is 336 g/mol. The summed E-state index contributed by atoms with van der Waals surface area (Å²) >= 11 is 0. The summed E-state index contributed by atoms with van der Waals surface area (Å²) in [5.41, 5.74) is 4.45. The van der Waals surface area contributed by atoms with E-state index in [1.54, 1.807) is 0 Å². The van der Waals surface area contributed by atoms with Crippen LogP contribution in [0.25, 0.3) is 0 Å². The zero-order chi connectivity index (χ0) is 17.4. The van der Waals surface area contributed by atoms with E-state index in [2.05, 4.69) is 57.6 Å². The molecule has 6 nitrogen and oxygen atoms in total. The second kappa shape index (κ2) is 6.44.